The molecule has 0 aliphatic carbocycles. The molecule has 2 N–H and O–H groups in total. The van der Waals surface area contributed by atoms with Gasteiger partial charge in [-0.2, -0.15) is 0 Å². The van der Waals surface area contributed by atoms with Crippen LogP contribution in [0.25, 0.3) is 0 Å². The number of rotatable bonds is 25. The summed E-state index contributed by atoms with van der Waals surface area (Å²) < 4.78 is 18.6. The molecule has 0 saturated heterocycles. The highest BCUT2D eigenvalue weighted by atomic mass is 31.1. The zero-order chi connectivity index (χ0) is 31.4. The van der Waals surface area contributed by atoms with E-state index in [1.165, 1.54) is 103 Å². The number of phenols is 1. The van der Waals surface area contributed by atoms with Gasteiger partial charge in [-0.3, -0.25) is 0 Å². The van der Waals surface area contributed by atoms with Crippen molar-refractivity contribution in [2.24, 2.45) is 0 Å². The van der Waals surface area contributed by atoms with Crippen LogP contribution in [0.1, 0.15) is 198 Å². The van der Waals surface area contributed by atoms with Crippen LogP contribution in [0.2, 0.25) is 0 Å². The Hall–Kier alpha value is -0.960. The molecule has 0 saturated carbocycles. The second kappa shape index (κ2) is 21.7. The summed E-state index contributed by atoms with van der Waals surface area (Å²) in [7, 11) is -2.78. The van der Waals surface area contributed by atoms with Crippen LogP contribution in [0, 0.1) is 13.8 Å². The number of benzene rings is 1. The maximum Gasteiger partial charge on any atom is 0.695 e. The van der Waals surface area contributed by atoms with Crippen molar-refractivity contribution in [3.63, 3.8) is 0 Å². The molecule has 0 heterocycles. The largest absolute Gasteiger partial charge is 0.695 e. The number of aromatic hydroxyl groups is 1. The topological polar surface area (TPSA) is 66.8 Å². The van der Waals surface area contributed by atoms with Crippen LogP contribution in [0.3, 0.4) is 0 Å². The van der Waals surface area contributed by atoms with Gasteiger partial charge in [0.1, 0.15) is 5.75 Å². The third-order valence-electron chi connectivity index (χ3n) is 9.26. The molecule has 0 aromatic heterocycles. The van der Waals surface area contributed by atoms with Gasteiger partial charge < -0.3 is 5.11 Å². The number of hydrogen-bond donors (Lipinski definition) is 2. The van der Waals surface area contributed by atoms with Gasteiger partial charge in [-0.25, -0.2) is 0 Å². The molecule has 1 rings (SSSR count). The van der Waals surface area contributed by atoms with Crippen LogP contribution in [-0.4, -0.2) is 10.00 Å². The smallest absolute Gasteiger partial charge is 0.508 e. The van der Waals surface area contributed by atoms with Crippen LogP contribution >= 0.6 is 8.25 Å². The summed E-state index contributed by atoms with van der Waals surface area (Å²) in [6.45, 7) is 15.0. The van der Waals surface area contributed by atoms with Crippen LogP contribution in [0.4, 0.5) is 0 Å². The van der Waals surface area contributed by atoms with Crippen molar-refractivity contribution in [1.82, 2.24) is 0 Å². The van der Waals surface area contributed by atoms with Crippen LogP contribution in [0.5, 0.6) is 5.75 Å². The summed E-state index contributed by atoms with van der Waals surface area (Å²) in [5, 5.41) is 10.8. The highest BCUT2D eigenvalue weighted by Gasteiger charge is 2.45. The molecule has 1 aromatic rings. The van der Waals surface area contributed by atoms with Crippen molar-refractivity contribution in [1.29, 1.82) is 0 Å². The molecule has 42 heavy (non-hydrogen) atoms. The van der Waals surface area contributed by atoms with E-state index >= 15 is 0 Å². The van der Waals surface area contributed by atoms with Gasteiger partial charge in [0.05, 0.1) is 0 Å². The number of phenolic OH excluding ortho intramolecular Hbond substituents is 1. The van der Waals surface area contributed by atoms with Crippen LogP contribution in [0.15, 0.2) is 6.07 Å². The van der Waals surface area contributed by atoms with Crippen molar-refractivity contribution in [2.45, 2.75) is 201 Å². The Morgan fingerprint density at radius 1 is 0.643 bits per heavy atom. The Labute approximate surface area is 261 Å². The summed E-state index contributed by atoms with van der Waals surface area (Å²) in [5.74, 6) is 0.293. The molecule has 0 spiro atoms. The normalized spacial score (nSPS) is 12.7. The SMILES string of the molecule is CCCCCCCCCCCCC(CCCCCCCCCCCC)(O[P+](=O)O)c1c(C(C)(C)C)cc(O)c(C)c1C. The fourth-order valence-electron chi connectivity index (χ4n) is 6.53. The first-order valence-corrected chi connectivity index (χ1v) is 18.8. The van der Waals surface area contributed by atoms with Crippen LogP contribution < -0.4 is 0 Å². The third kappa shape index (κ3) is 14.7. The fourth-order valence-corrected chi connectivity index (χ4v) is 7.11. The summed E-state index contributed by atoms with van der Waals surface area (Å²) in [4.78, 5) is 10.2. The first kappa shape index (κ1) is 39.1. The Bertz CT molecular complexity index is 849. The van der Waals surface area contributed by atoms with E-state index in [2.05, 4.69) is 41.5 Å². The maximum absolute atomic E-state index is 12.5. The minimum atomic E-state index is -2.78. The van der Waals surface area contributed by atoms with Crippen molar-refractivity contribution >= 4 is 8.25 Å². The summed E-state index contributed by atoms with van der Waals surface area (Å²) in [6, 6.07) is 1.89. The average Bonchev–Trinajstić information content (AvgIpc) is 2.92. The predicted octanol–water partition coefficient (Wildman–Crippen LogP) is 12.8. The first-order valence-electron chi connectivity index (χ1n) is 17.7. The molecule has 1 aromatic carbocycles. The van der Waals surface area contributed by atoms with E-state index in [0.717, 1.165) is 60.8 Å². The molecule has 5 heteroatoms. The standard InChI is InChI=1S/C37H67O4P/c1-8-10-12-14-16-18-20-22-24-26-28-37(41-42(39)40,29-27-25-23-21-19-17-15-13-11-9-2)35-32(4)31(3)34(38)30-33(35)36(5,6)7/h30H,8-29H2,1-7H3,(H-,38,39,40)/p+1. The van der Waals surface area contributed by atoms with Crippen molar-refractivity contribution < 1.29 is 19.1 Å². The zero-order valence-electron chi connectivity index (χ0n) is 28.8. The highest BCUT2D eigenvalue weighted by Crippen LogP contribution is 2.49. The first-order chi connectivity index (χ1) is 20.0. The lowest BCUT2D eigenvalue weighted by Gasteiger charge is -2.36. The van der Waals surface area contributed by atoms with E-state index in [0.29, 0.717) is 5.75 Å². The Balaban J connectivity index is 3.05. The molecule has 244 valence electrons. The molecule has 0 amide bonds. The van der Waals surface area contributed by atoms with Crippen LogP contribution in [-0.2, 0) is 20.1 Å². The Kier molecular flexibility index (Phi) is 20.2. The van der Waals surface area contributed by atoms with Gasteiger partial charge in [0.25, 0.3) is 0 Å². The molecular formula is C37H68O4P+. The maximum atomic E-state index is 12.5. The van der Waals surface area contributed by atoms with Crippen molar-refractivity contribution in [3.05, 3.63) is 28.3 Å². The van der Waals surface area contributed by atoms with Gasteiger partial charge in [0.15, 0.2) is 5.60 Å². The molecule has 0 radical (unpaired) electrons. The Morgan fingerprint density at radius 2 is 1.00 bits per heavy atom. The van der Waals surface area contributed by atoms with E-state index < -0.39 is 13.9 Å². The van der Waals surface area contributed by atoms with Gasteiger partial charge in [-0.15, -0.1) is 9.42 Å². The molecule has 0 aliphatic heterocycles. The number of hydrogen-bond acceptors (Lipinski definition) is 3. The molecule has 1 atom stereocenters. The van der Waals surface area contributed by atoms with E-state index in [-0.39, 0.29) is 5.41 Å². The summed E-state index contributed by atoms with van der Waals surface area (Å²) in [6.07, 6.45) is 26.5. The van der Waals surface area contributed by atoms with Gasteiger partial charge >= 0.3 is 8.25 Å². The monoisotopic (exact) mass is 607 g/mol. The zero-order valence-corrected chi connectivity index (χ0v) is 29.7. The molecular weight excluding hydrogens is 539 g/mol. The lowest BCUT2D eigenvalue weighted by atomic mass is 9.72. The lowest BCUT2D eigenvalue weighted by molar-refractivity contribution is 0.0356. The fraction of sp³-hybridized carbons (Fsp3) is 0.838. The van der Waals surface area contributed by atoms with Crippen molar-refractivity contribution in [2.75, 3.05) is 0 Å². The van der Waals surface area contributed by atoms with Gasteiger partial charge in [-0.1, -0.05) is 163 Å². The van der Waals surface area contributed by atoms with Gasteiger partial charge in [0, 0.05) is 4.57 Å². The second-order valence-electron chi connectivity index (χ2n) is 14.0. The summed E-state index contributed by atoms with van der Waals surface area (Å²) in [5.41, 5.74) is 2.83. The molecule has 0 bridgehead atoms. The molecule has 1 unspecified atom stereocenters. The second-order valence-corrected chi connectivity index (χ2v) is 14.7. The minimum absolute atomic E-state index is 0.240. The third-order valence-corrected chi connectivity index (χ3v) is 9.76. The van der Waals surface area contributed by atoms with Gasteiger partial charge in [0.2, 0.25) is 0 Å². The van der Waals surface area contributed by atoms with E-state index in [1.54, 1.807) is 0 Å². The number of unbranched alkanes of at least 4 members (excludes halogenated alkanes) is 18. The molecule has 0 fully saturated rings. The predicted molar refractivity (Wildman–Crippen MR) is 182 cm³/mol. The quantitative estimate of drug-likeness (QED) is 0.0857. The highest BCUT2D eigenvalue weighted by molar-refractivity contribution is 7.32. The van der Waals surface area contributed by atoms with Gasteiger partial charge in [-0.05, 0) is 60.4 Å². The van der Waals surface area contributed by atoms with E-state index in [9.17, 15) is 14.6 Å². The van der Waals surface area contributed by atoms with E-state index in [1.807, 2.05) is 13.0 Å². The molecule has 0 aliphatic rings. The summed E-state index contributed by atoms with van der Waals surface area (Å²) >= 11 is 0. The average molecular weight is 608 g/mol. The van der Waals surface area contributed by atoms with E-state index in [4.69, 9.17) is 4.52 Å². The minimum Gasteiger partial charge on any atom is -0.508 e. The van der Waals surface area contributed by atoms with Crippen molar-refractivity contribution in [3.8, 4) is 5.75 Å². The molecule has 4 nitrogen and oxygen atoms in total. The Morgan fingerprint density at radius 3 is 1.33 bits per heavy atom. The lowest BCUT2D eigenvalue weighted by Crippen LogP contribution is -2.33.